The van der Waals surface area contributed by atoms with Gasteiger partial charge in [-0.15, -0.1) is 0 Å². The van der Waals surface area contributed by atoms with Crippen molar-refractivity contribution < 1.29 is 4.79 Å². The van der Waals surface area contributed by atoms with E-state index in [0.717, 1.165) is 25.1 Å². The average molecular weight is 189 g/mol. The lowest BCUT2D eigenvalue weighted by atomic mass is 10.2. The van der Waals surface area contributed by atoms with Crippen LogP contribution in [-0.4, -0.2) is 18.5 Å². The minimum absolute atomic E-state index is 0.0146. The van der Waals surface area contributed by atoms with Gasteiger partial charge in [-0.3, -0.25) is 4.79 Å². The SMILES string of the molecule is O=C(Nc1cc[c]cc1)C1CCCN1. The van der Waals surface area contributed by atoms with Crippen molar-refractivity contribution in [3.8, 4) is 0 Å². The number of nitrogens with one attached hydrogen (secondary N) is 2. The molecule has 1 amide bonds. The average Bonchev–Trinajstić information content (AvgIpc) is 2.72. The smallest absolute Gasteiger partial charge is 0.241 e. The number of hydrogen-bond donors (Lipinski definition) is 2. The van der Waals surface area contributed by atoms with Crippen LogP contribution < -0.4 is 10.6 Å². The van der Waals surface area contributed by atoms with E-state index in [-0.39, 0.29) is 11.9 Å². The molecular weight excluding hydrogens is 176 g/mol. The molecule has 2 rings (SSSR count). The summed E-state index contributed by atoms with van der Waals surface area (Å²) < 4.78 is 0. The van der Waals surface area contributed by atoms with Crippen LogP contribution in [0.15, 0.2) is 24.3 Å². The topological polar surface area (TPSA) is 41.1 Å². The maximum Gasteiger partial charge on any atom is 0.241 e. The van der Waals surface area contributed by atoms with Crippen molar-refractivity contribution in [2.45, 2.75) is 18.9 Å². The van der Waals surface area contributed by atoms with Gasteiger partial charge in [0.25, 0.3) is 0 Å². The summed E-state index contributed by atoms with van der Waals surface area (Å²) in [6.45, 7) is 0.945. The van der Waals surface area contributed by atoms with E-state index >= 15 is 0 Å². The van der Waals surface area contributed by atoms with Crippen LogP contribution in [0.5, 0.6) is 0 Å². The molecule has 1 aliphatic rings. The fourth-order valence-corrected chi connectivity index (χ4v) is 1.61. The third-order valence-corrected chi connectivity index (χ3v) is 2.36. The van der Waals surface area contributed by atoms with Gasteiger partial charge >= 0.3 is 0 Å². The largest absolute Gasteiger partial charge is 0.325 e. The molecule has 0 aliphatic carbocycles. The third kappa shape index (κ3) is 2.12. The quantitative estimate of drug-likeness (QED) is 0.733. The summed E-state index contributed by atoms with van der Waals surface area (Å²) >= 11 is 0. The number of carbonyl (C=O) groups excluding carboxylic acids is 1. The second kappa shape index (κ2) is 4.24. The zero-order valence-corrected chi connectivity index (χ0v) is 7.92. The minimum atomic E-state index is -0.0146. The van der Waals surface area contributed by atoms with Gasteiger partial charge in [-0.2, -0.15) is 0 Å². The van der Waals surface area contributed by atoms with Gasteiger partial charge in [-0.1, -0.05) is 12.1 Å². The summed E-state index contributed by atoms with van der Waals surface area (Å²) in [5.74, 6) is 0.0636. The number of benzene rings is 1. The van der Waals surface area contributed by atoms with Crippen LogP contribution in [0.4, 0.5) is 5.69 Å². The molecule has 3 nitrogen and oxygen atoms in total. The molecule has 0 bridgehead atoms. The lowest BCUT2D eigenvalue weighted by molar-refractivity contribution is -0.117. The predicted molar refractivity (Wildman–Crippen MR) is 54.9 cm³/mol. The Kier molecular flexibility index (Phi) is 2.79. The summed E-state index contributed by atoms with van der Waals surface area (Å²) in [5, 5.41) is 6.02. The zero-order chi connectivity index (χ0) is 9.80. The molecule has 1 heterocycles. The van der Waals surface area contributed by atoms with Crippen molar-refractivity contribution in [2.24, 2.45) is 0 Å². The van der Waals surface area contributed by atoms with Crippen molar-refractivity contribution >= 4 is 11.6 Å². The molecule has 73 valence electrons. The molecular formula is C11H13N2O. The fourth-order valence-electron chi connectivity index (χ4n) is 1.61. The highest BCUT2D eigenvalue weighted by molar-refractivity contribution is 5.94. The van der Waals surface area contributed by atoms with E-state index in [2.05, 4.69) is 16.7 Å². The molecule has 0 saturated carbocycles. The number of carbonyl (C=O) groups is 1. The molecule has 1 atom stereocenters. The second-order valence-corrected chi connectivity index (χ2v) is 3.43. The first kappa shape index (κ1) is 9.21. The molecule has 1 aromatic carbocycles. The Morgan fingerprint density at radius 1 is 1.50 bits per heavy atom. The Hall–Kier alpha value is -1.35. The van der Waals surface area contributed by atoms with Crippen LogP contribution in [0.3, 0.4) is 0 Å². The maximum absolute atomic E-state index is 11.6. The van der Waals surface area contributed by atoms with E-state index in [4.69, 9.17) is 0 Å². The van der Waals surface area contributed by atoms with Crippen LogP contribution >= 0.6 is 0 Å². The number of amides is 1. The molecule has 1 fully saturated rings. The molecule has 14 heavy (non-hydrogen) atoms. The first-order valence-corrected chi connectivity index (χ1v) is 4.86. The molecule has 2 N–H and O–H groups in total. The Morgan fingerprint density at radius 3 is 2.93 bits per heavy atom. The second-order valence-electron chi connectivity index (χ2n) is 3.43. The normalized spacial score (nSPS) is 20.7. The van der Waals surface area contributed by atoms with Gasteiger partial charge in [0, 0.05) is 5.69 Å². The lowest BCUT2D eigenvalue weighted by Gasteiger charge is -2.10. The number of hydrogen-bond acceptors (Lipinski definition) is 2. The molecule has 1 saturated heterocycles. The van der Waals surface area contributed by atoms with Crippen LogP contribution in [0.25, 0.3) is 0 Å². The van der Waals surface area contributed by atoms with E-state index in [1.54, 1.807) is 12.1 Å². The van der Waals surface area contributed by atoms with Crippen molar-refractivity contribution in [3.63, 3.8) is 0 Å². The van der Waals surface area contributed by atoms with Crippen LogP contribution in [-0.2, 0) is 4.79 Å². The van der Waals surface area contributed by atoms with E-state index in [1.165, 1.54) is 0 Å². The van der Waals surface area contributed by atoms with Gasteiger partial charge in [0.05, 0.1) is 6.04 Å². The van der Waals surface area contributed by atoms with Crippen molar-refractivity contribution in [3.05, 3.63) is 30.3 Å². The standard InChI is InChI=1S/C11H13N2O/c14-11(10-7-4-8-12-10)13-9-5-2-1-3-6-9/h2-3,5-6,10,12H,4,7-8H2,(H,13,14). The molecule has 1 aliphatic heterocycles. The van der Waals surface area contributed by atoms with Crippen LogP contribution in [0, 0.1) is 6.07 Å². The Labute approximate surface area is 83.5 Å². The highest BCUT2D eigenvalue weighted by Gasteiger charge is 2.21. The Balaban J connectivity index is 1.94. The third-order valence-electron chi connectivity index (χ3n) is 2.36. The molecule has 0 spiro atoms. The molecule has 1 aromatic rings. The highest BCUT2D eigenvalue weighted by Crippen LogP contribution is 2.09. The summed E-state index contributed by atoms with van der Waals surface area (Å²) in [4.78, 5) is 11.6. The minimum Gasteiger partial charge on any atom is -0.325 e. The van der Waals surface area contributed by atoms with Crippen molar-refractivity contribution in [1.82, 2.24) is 5.32 Å². The van der Waals surface area contributed by atoms with Gasteiger partial charge in [0.15, 0.2) is 0 Å². The van der Waals surface area contributed by atoms with Gasteiger partial charge in [0.2, 0.25) is 5.91 Å². The molecule has 3 heteroatoms. The first-order valence-electron chi connectivity index (χ1n) is 4.86. The van der Waals surface area contributed by atoms with E-state index < -0.39 is 0 Å². The van der Waals surface area contributed by atoms with Crippen LogP contribution in [0.1, 0.15) is 12.8 Å². The van der Waals surface area contributed by atoms with Gasteiger partial charge in [-0.25, -0.2) is 0 Å². The predicted octanol–water partition coefficient (Wildman–Crippen LogP) is 1.18. The summed E-state index contributed by atoms with van der Waals surface area (Å²) in [7, 11) is 0. The zero-order valence-electron chi connectivity index (χ0n) is 7.92. The monoisotopic (exact) mass is 189 g/mol. The van der Waals surface area contributed by atoms with Gasteiger partial charge in [0.1, 0.15) is 0 Å². The highest BCUT2D eigenvalue weighted by atomic mass is 16.2. The summed E-state index contributed by atoms with van der Waals surface area (Å²) in [5.41, 5.74) is 0.836. The van der Waals surface area contributed by atoms with Crippen LogP contribution in [0.2, 0.25) is 0 Å². The van der Waals surface area contributed by atoms with Gasteiger partial charge in [-0.05, 0) is 37.6 Å². The molecule has 0 aromatic heterocycles. The Bertz CT molecular complexity index is 304. The van der Waals surface area contributed by atoms with Crippen molar-refractivity contribution in [2.75, 3.05) is 11.9 Å². The number of rotatable bonds is 2. The number of anilines is 1. The lowest BCUT2D eigenvalue weighted by Crippen LogP contribution is -2.35. The van der Waals surface area contributed by atoms with Crippen molar-refractivity contribution in [1.29, 1.82) is 0 Å². The summed E-state index contributed by atoms with van der Waals surface area (Å²) in [6.07, 6.45) is 2.02. The Morgan fingerprint density at radius 2 is 2.29 bits per heavy atom. The molecule has 1 unspecified atom stereocenters. The maximum atomic E-state index is 11.6. The van der Waals surface area contributed by atoms with E-state index in [1.807, 2.05) is 12.1 Å². The molecule has 1 radical (unpaired) electrons. The van der Waals surface area contributed by atoms with Gasteiger partial charge < -0.3 is 10.6 Å². The van der Waals surface area contributed by atoms with E-state index in [0.29, 0.717) is 0 Å². The summed E-state index contributed by atoms with van der Waals surface area (Å²) in [6, 6.07) is 10.2. The van der Waals surface area contributed by atoms with E-state index in [9.17, 15) is 4.79 Å². The first-order chi connectivity index (χ1) is 6.86. The fraction of sp³-hybridized carbons (Fsp3) is 0.364.